The Labute approximate surface area is 248 Å². The van der Waals surface area contributed by atoms with E-state index in [0.29, 0.717) is 28.5 Å². The van der Waals surface area contributed by atoms with E-state index in [4.69, 9.17) is 14.2 Å². The third-order valence-electron chi connectivity index (χ3n) is 8.53. The third kappa shape index (κ3) is 8.09. The molecule has 0 amide bonds. The maximum absolute atomic E-state index is 12.8. The van der Waals surface area contributed by atoms with E-state index in [-0.39, 0.29) is 13.2 Å². The Balaban J connectivity index is 1.19. The maximum atomic E-state index is 12.8. The zero-order chi connectivity index (χ0) is 29.1. The van der Waals surface area contributed by atoms with E-state index in [9.17, 15) is 14.4 Å². The van der Waals surface area contributed by atoms with Gasteiger partial charge in [-0.2, -0.15) is 0 Å². The number of hydrogen-bond donors (Lipinski definition) is 0. The van der Waals surface area contributed by atoms with Crippen molar-refractivity contribution < 1.29 is 28.6 Å². The van der Waals surface area contributed by atoms with Gasteiger partial charge in [-0.15, -0.1) is 0 Å². The Morgan fingerprint density at radius 3 is 1.36 bits per heavy atom. The molecule has 3 aromatic carbocycles. The van der Waals surface area contributed by atoms with Crippen molar-refractivity contribution in [3.05, 3.63) is 107 Å². The van der Waals surface area contributed by atoms with Crippen molar-refractivity contribution in [2.24, 2.45) is 0 Å². The first-order valence-electron chi connectivity index (χ1n) is 15.4. The van der Waals surface area contributed by atoms with Crippen molar-refractivity contribution in [2.45, 2.75) is 82.1 Å². The zero-order valence-electron chi connectivity index (χ0n) is 24.2. The summed E-state index contributed by atoms with van der Waals surface area (Å²) in [5.41, 5.74) is 3.71. The summed E-state index contributed by atoms with van der Waals surface area (Å²) in [6.07, 6.45) is 11.3. The number of esters is 3. The molecule has 220 valence electrons. The normalized spacial score (nSPS) is 16.1. The highest BCUT2D eigenvalue weighted by Crippen LogP contribution is 2.33. The van der Waals surface area contributed by atoms with Crippen LogP contribution in [0.3, 0.4) is 0 Å². The smallest absolute Gasteiger partial charge is 0.338 e. The van der Waals surface area contributed by atoms with E-state index in [0.717, 1.165) is 0 Å². The molecule has 5 rings (SSSR count). The minimum absolute atomic E-state index is 0.240. The maximum Gasteiger partial charge on any atom is 0.338 e. The van der Waals surface area contributed by atoms with Crippen LogP contribution < -0.4 is 0 Å². The van der Waals surface area contributed by atoms with Gasteiger partial charge in [-0.1, -0.05) is 81.0 Å². The minimum atomic E-state index is -0.964. The summed E-state index contributed by atoms with van der Waals surface area (Å²) < 4.78 is 16.7. The molecule has 6 heteroatoms. The topological polar surface area (TPSA) is 78.9 Å². The van der Waals surface area contributed by atoms with E-state index >= 15 is 0 Å². The number of ether oxygens (including phenoxy) is 3. The molecule has 6 nitrogen and oxygen atoms in total. The minimum Gasteiger partial charge on any atom is -0.458 e. The van der Waals surface area contributed by atoms with Crippen molar-refractivity contribution in [2.75, 3.05) is 13.2 Å². The summed E-state index contributed by atoms with van der Waals surface area (Å²) >= 11 is 0. The van der Waals surface area contributed by atoms with Crippen LogP contribution in [0.5, 0.6) is 0 Å². The lowest BCUT2D eigenvalue weighted by Crippen LogP contribution is -2.31. The molecule has 0 radical (unpaired) electrons. The molecule has 0 bridgehead atoms. The van der Waals surface area contributed by atoms with Crippen LogP contribution in [0.2, 0.25) is 0 Å². The second-order valence-electron chi connectivity index (χ2n) is 11.5. The standard InChI is InChI=1S/C36H40O6/c37-34(31-20-16-28(17-21-31)26-10-4-1-5-11-26)40-24-33(42-36(39)30-14-8-3-9-15-30)25-41-35(38)32-22-18-29(19-23-32)27-12-6-2-7-13-27/h3,8-9,14-23,26-27,33H,1-2,4-7,10-13,24-25H2. The largest absolute Gasteiger partial charge is 0.458 e. The van der Waals surface area contributed by atoms with Gasteiger partial charge in [0.15, 0.2) is 6.10 Å². The van der Waals surface area contributed by atoms with Gasteiger partial charge in [0.05, 0.1) is 16.7 Å². The molecule has 0 heterocycles. The van der Waals surface area contributed by atoms with Gasteiger partial charge in [0, 0.05) is 0 Å². The van der Waals surface area contributed by atoms with E-state index in [1.54, 1.807) is 54.6 Å². The molecule has 2 fully saturated rings. The number of carbonyl (C=O) groups is 3. The quantitative estimate of drug-likeness (QED) is 0.182. The van der Waals surface area contributed by atoms with Crippen molar-refractivity contribution in [1.82, 2.24) is 0 Å². The Morgan fingerprint density at radius 1 is 0.524 bits per heavy atom. The summed E-state index contributed by atoms with van der Waals surface area (Å²) in [5, 5.41) is 0. The van der Waals surface area contributed by atoms with Crippen LogP contribution in [0.25, 0.3) is 0 Å². The summed E-state index contributed by atoms with van der Waals surface area (Å²) in [6.45, 7) is -0.481. The molecule has 0 aromatic heterocycles. The number of benzene rings is 3. The predicted molar refractivity (Wildman–Crippen MR) is 161 cm³/mol. The molecule has 2 aliphatic carbocycles. The summed E-state index contributed by atoms with van der Waals surface area (Å²) in [6, 6.07) is 23.7. The van der Waals surface area contributed by atoms with Crippen LogP contribution in [0.1, 0.15) is 118 Å². The lowest BCUT2D eigenvalue weighted by molar-refractivity contribution is -0.0253. The van der Waals surface area contributed by atoms with Gasteiger partial charge in [0.25, 0.3) is 0 Å². The van der Waals surface area contributed by atoms with E-state index in [1.165, 1.54) is 75.3 Å². The molecule has 0 atom stereocenters. The molecule has 0 saturated heterocycles. The average Bonchev–Trinajstić information content (AvgIpc) is 3.07. The molecule has 3 aromatic rings. The first kappa shape index (κ1) is 29.6. The monoisotopic (exact) mass is 568 g/mol. The number of hydrogen-bond acceptors (Lipinski definition) is 6. The number of rotatable bonds is 10. The molecule has 2 saturated carbocycles. The molecule has 0 spiro atoms. The zero-order valence-corrected chi connectivity index (χ0v) is 24.2. The summed E-state index contributed by atoms with van der Waals surface area (Å²) in [4.78, 5) is 38.4. The van der Waals surface area contributed by atoms with Gasteiger partial charge >= 0.3 is 17.9 Å². The molecule has 0 unspecified atom stereocenters. The van der Waals surface area contributed by atoms with Gasteiger partial charge in [-0.05, 0) is 85.0 Å². The third-order valence-corrected chi connectivity index (χ3v) is 8.53. The van der Waals surface area contributed by atoms with Gasteiger partial charge in [0.1, 0.15) is 13.2 Å². The highest BCUT2D eigenvalue weighted by Gasteiger charge is 2.23. The SMILES string of the molecule is O=C(OCC(COC(=O)c1ccc(C2CCCCC2)cc1)OC(=O)c1ccccc1)c1ccc(C2CCCCC2)cc1. The Hall–Kier alpha value is -3.93. The van der Waals surface area contributed by atoms with Crippen molar-refractivity contribution in [3.8, 4) is 0 Å². The molecule has 2 aliphatic rings. The molecule has 0 aliphatic heterocycles. The van der Waals surface area contributed by atoms with E-state index in [1.807, 2.05) is 24.3 Å². The van der Waals surface area contributed by atoms with Gasteiger partial charge < -0.3 is 14.2 Å². The van der Waals surface area contributed by atoms with E-state index in [2.05, 4.69) is 0 Å². The van der Waals surface area contributed by atoms with Crippen molar-refractivity contribution >= 4 is 17.9 Å². The van der Waals surface area contributed by atoms with Crippen LogP contribution in [0.4, 0.5) is 0 Å². The van der Waals surface area contributed by atoms with Gasteiger partial charge in [-0.3, -0.25) is 0 Å². The summed E-state index contributed by atoms with van der Waals surface area (Å²) in [5.74, 6) is -0.528. The fourth-order valence-corrected chi connectivity index (χ4v) is 6.07. The van der Waals surface area contributed by atoms with Crippen molar-refractivity contribution in [3.63, 3.8) is 0 Å². The van der Waals surface area contributed by atoms with E-state index < -0.39 is 24.0 Å². The van der Waals surface area contributed by atoms with Crippen LogP contribution in [0, 0.1) is 0 Å². The average molecular weight is 569 g/mol. The first-order valence-corrected chi connectivity index (χ1v) is 15.4. The Kier molecular flexibility index (Phi) is 10.4. The van der Waals surface area contributed by atoms with Gasteiger partial charge in [0.2, 0.25) is 0 Å². The van der Waals surface area contributed by atoms with Crippen molar-refractivity contribution in [1.29, 1.82) is 0 Å². The molecular weight excluding hydrogens is 528 g/mol. The van der Waals surface area contributed by atoms with Crippen LogP contribution in [-0.2, 0) is 14.2 Å². The fraction of sp³-hybridized carbons (Fsp3) is 0.417. The predicted octanol–water partition coefficient (Wildman–Crippen LogP) is 8.02. The Bertz CT molecular complexity index is 1230. The van der Waals surface area contributed by atoms with Crippen LogP contribution >= 0.6 is 0 Å². The Morgan fingerprint density at radius 2 is 0.929 bits per heavy atom. The number of carbonyl (C=O) groups excluding carboxylic acids is 3. The second kappa shape index (κ2) is 14.8. The van der Waals surface area contributed by atoms with Crippen LogP contribution in [-0.4, -0.2) is 37.2 Å². The second-order valence-corrected chi connectivity index (χ2v) is 11.5. The molecule has 0 N–H and O–H groups in total. The molecule has 42 heavy (non-hydrogen) atoms. The molecular formula is C36H40O6. The fourth-order valence-electron chi connectivity index (χ4n) is 6.07. The highest BCUT2D eigenvalue weighted by atomic mass is 16.6. The van der Waals surface area contributed by atoms with Crippen LogP contribution in [0.15, 0.2) is 78.9 Å². The van der Waals surface area contributed by atoms with Gasteiger partial charge in [-0.25, -0.2) is 14.4 Å². The first-order chi connectivity index (χ1) is 20.6. The summed E-state index contributed by atoms with van der Waals surface area (Å²) in [7, 11) is 0. The highest BCUT2D eigenvalue weighted by molar-refractivity contribution is 5.91. The lowest BCUT2D eigenvalue weighted by atomic mass is 9.84. The lowest BCUT2D eigenvalue weighted by Gasteiger charge is -2.22.